The Morgan fingerprint density at radius 3 is 2.57 bits per heavy atom. The highest BCUT2D eigenvalue weighted by atomic mass is 32.1. The van der Waals surface area contributed by atoms with Crippen LogP contribution in [0.15, 0.2) is 48.6 Å². The molecule has 1 aromatic heterocycles. The van der Waals surface area contributed by atoms with E-state index in [1.54, 1.807) is 6.08 Å². The molecular formula is C36H44FN7O2S. The number of aromatic nitrogens is 2. The van der Waals surface area contributed by atoms with Crippen molar-refractivity contribution in [1.82, 2.24) is 24.7 Å². The van der Waals surface area contributed by atoms with E-state index in [4.69, 9.17) is 26.9 Å². The number of hydrogen-bond donors (Lipinski definition) is 0. The molecule has 3 fully saturated rings. The van der Waals surface area contributed by atoms with E-state index < -0.39 is 6.17 Å². The van der Waals surface area contributed by atoms with Crippen LogP contribution in [0.2, 0.25) is 0 Å². The molecule has 248 valence electrons. The van der Waals surface area contributed by atoms with Crippen LogP contribution in [-0.2, 0) is 17.8 Å². The third-order valence-corrected chi connectivity index (χ3v) is 10.5. The largest absolute Gasteiger partial charge is 0.458 e. The van der Waals surface area contributed by atoms with Crippen molar-refractivity contribution in [3.8, 4) is 6.01 Å². The van der Waals surface area contributed by atoms with Crippen LogP contribution in [0, 0.1) is 6.92 Å². The second kappa shape index (κ2) is 13.8. The normalized spacial score (nSPS) is 21.0. The SMILES string of the molecule is Cc1cccc2cccc(N3CCc4c(nc(OCC(=S)[C@@H]5CCCN5C)nc4N4CCN(C(=O)/C=C/CN5CC(F)C5)CC4)C3)c12. The van der Waals surface area contributed by atoms with Crippen LogP contribution in [0.3, 0.4) is 0 Å². The molecule has 7 rings (SSSR count). The van der Waals surface area contributed by atoms with Crippen molar-refractivity contribution in [1.29, 1.82) is 0 Å². The van der Waals surface area contributed by atoms with E-state index in [2.05, 4.69) is 65.1 Å². The summed E-state index contributed by atoms with van der Waals surface area (Å²) in [7, 11) is 2.12. The van der Waals surface area contributed by atoms with E-state index in [1.807, 2.05) is 15.9 Å². The number of carbonyl (C=O) groups excluding carboxylic acids is 1. The van der Waals surface area contributed by atoms with E-state index in [-0.39, 0.29) is 11.9 Å². The minimum atomic E-state index is -0.735. The lowest BCUT2D eigenvalue weighted by Gasteiger charge is -2.38. The van der Waals surface area contributed by atoms with Gasteiger partial charge in [0.25, 0.3) is 0 Å². The number of amides is 1. The number of likely N-dealkylation sites (tertiary alicyclic amines) is 2. The van der Waals surface area contributed by atoms with E-state index in [9.17, 15) is 9.18 Å². The van der Waals surface area contributed by atoms with E-state index in [0.717, 1.165) is 54.3 Å². The zero-order valence-electron chi connectivity index (χ0n) is 27.4. The Hall–Kier alpha value is -3.67. The summed E-state index contributed by atoms with van der Waals surface area (Å²) in [4.78, 5) is 34.7. The first-order valence-electron chi connectivity index (χ1n) is 16.9. The Kier molecular flexibility index (Phi) is 9.38. The Morgan fingerprint density at radius 2 is 1.83 bits per heavy atom. The molecular weight excluding hydrogens is 614 g/mol. The highest BCUT2D eigenvalue weighted by molar-refractivity contribution is 7.80. The number of benzene rings is 2. The van der Waals surface area contributed by atoms with Gasteiger partial charge in [0.2, 0.25) is 5.91 Å². The number of hydrogen-bond acceptors (Lipinski definition) is 9. The van der Waals surface area contributed by atoms with Crippen molar-refractivity contribution in [3.05, 3.63) is 65.4 Å². The summed E-state index contributed by atoms with van der Waals surface area (Å²) >= 11 is 5.80. The molecule has 4 aliphatic rings. The van der Waals surface area contributed by atoms with Crippen molar-refractivity contribution in [2.75, 3.05) is 82.4 Å². The van der Waals surface area contributed by atoms with E-state index >= 15 is 0 Å². The van der Waals surface area contributed by atoms with Gasteiger partial charge < -0.3 is 19.4 Å². The first-order valence-corrected chi connectivity index (χ1v) is 17.3. The third kappa shape index (κ3) is 6.84. The molecule has 4 aliphatic heterocycles. The van der Waals surface area contributed by atoms with E-state index in [0.29, 0.717) is 65.0 Å². The molecule has 11 heteroatoms. The van der Waals surface area contributed by atoms with Crippen LogP contribution in [0.1, 0.15) is 29.7 Å². The minimum Gasteiger partial charge on any atom is -0.458 e. The molecule has 47 heavy (non-hydrogen) atoms. The van der Waals surface area contributed by atoms with Gasteiger partial charge in [-0.15, -0.1) is 0 Å². The summed E-state index contributed by atoms with van der Waals surface area (Å²) in [6, 6.07) is 13.6. The maximum absolute atomic E-state index is 13.1. The molecule has 0 radical (unpaired) electrons. The first-order chi connectivity index (χ1) is 22.8. The predicted octanol–water partition coefficient (Wildman–Crippen LogP) is 4.20. The maximum Gasteiger partial charge on any atom is 0.319 e. The highest BCUT2D eigenvalue weighted by Crippen LogP contribution is 2.35. The molecule has 0 saturated carbocycles. The molecule has 3 aromatic rings. The predicted molar refractivity (Wildman–Crippen MR) is 188 cm³/mol. The molecule has 1 amide bonds. The molecule has 2 aromatic carbocycles. The van der Waals surface area contributed by atoms with Crippen LogP contribution in [-0.4, -0.2) is 120 Å². The van der Waals surface area contributed by atoms with Crippen LogP contribution in [0.5, 0.6) is 6.01 Å². The van der Waals surface area contributed by atoms with Gasteiger partial charge in [-0.2, -0.15) is 9.97 Å². The number of ether oxygens (including phenoxy) is 1. The number of fused-ring (bicyclic) bond motifs is 2. The molecule has 3 saturated heterocycles. The summed E-state index contributed by atoms with van der Waals surface area (Å²) in [6.07, 6.45) is 5.77. The number of halogens is 1. The Morgan fingerprint density at radius 1 is 1.04 bits per heavy atom. The number of anilines is 2. The van der Waals surface area contributed by atoms with Crippen LogP contribution in [0.4, 0.5) is 15.9 Å². The topological polar surface area (TPSA) is 68.3 Å². The third-order valence-electron chi connectivity index (χ3n) is 10.1. The van der Waals surface area contributed by atoms with Crippen LogP contribution >= 0.6 is 12.2 Å². The van der Waals surface area contributed by atoms with Gasteiger partial charge in [-0.05, 0) is 56.8 Å². The molecule has 0 bridgehead atoms. The number of alkyl halides is 1. The Balaban J connectivity index is 1.10. The molecule has 0 unspecified atom stereocenters. The fourth-order valence-corrected chi connectivity index (χ4v) is 7.80. The lowest BCUT2D eigenvalue weighted by molar-refractivity contribution is -0.126. The number of carbonyl (C=O) groups is 1. The van der Waals surface area contributed by atoms with E-state index in [1.165, 1.54) is 22.0 Å². The fourth-order valence-electron chi connectivity index (χ4n) is 7.44. The van der Waals surface area contributed by atoms with Gasteiger partial charge in [0.15, 0.2) is 0 Å². The second-order valence-corrected chi connectivity index (χ2v) is 13.8. The van der Waals surface area contributed by atoms with Crippen LogP contribution < -0.4 is 14.5 Å². The molecule has 9 nitrogen and oxygen atoms in total. The van der Waals surface area contributed by atoms with Gasteiger partial charge in [0.05, 0.1) is 12.2 Å². The molecule has 1 atom stereocenters. The second-order valence-electron chi connectivity index (χ2n) is 13.3. The van der Waals surface area contributed by atoms with Crippen molar-refractivity contribution in [2.45, 2.75) is 44.9 Å². The van der Waals surface area contributed by atoms with Gasteiger partial charge >= 0.3 is 6.01 Å². The summed E-state index contributed by atoms with van der Waals surface area (Å²) in [6.45, 7) is 9.14. The first kappa shape index (κ1) is 31.9. The van der Waals surface area contributed by atoms with Crippen molar-refractivity contribution < 1.29 is 13.9 Å². The van der Waals surface area contributed by atoms with Crippen molar-refractivity contribution >= 4 is 45.3 Å². The molecule has 0 spiro atoms. The smallest absolute Gasteiger partial charge is 0.319 e. The lowest BCUT2D eigenvalue weighted by atomic mass is 9.99. The number of aryl methyl sites for hydroxylation is 1. The number of nitrogens with zero attached hydrogens (tertiary/aromatic N) is 7. The standard InChI is InChI=1S/C36H44FN7O2S/c1-25-7-3-8-26-9-4-10-31(34(25)26)44-16-13-28-29(23-44)38-36(46-24-32(47)30-11-5-14-40(30)2)39-35(28)43-19-17-42(18-20-43)33(45)12-6-15-41-21-27(37)22-41/h3-4,6-10,12,27,30H,5,11,13-24H2,1-2H3/b12-6+/t30-/m0/s1. The number of piperazine rings is 1. The zero-order valence-corrected chi connectivity index (χ0v) is 28.2. The summed E-state index contributed by atoms with van der Waals surface area (Å²) in [5.41, 5.74) is 4.62. The zero-order chi connectivity index (χ0) is 32.5. The molecule has 0 N–H and O–H groups in total. The summed E-state index contributed by atoms with van der Waals surface area (Å²) < 4.78 is 19.4. The summed E-state index contributed by atoms with van der Waals surface area (Å²) in [5.74, 6) is 0.908. The van der Waals surface area contributed by atoms with Gasteiger partial charge in [-0.1, -0.05) is 48.6 Å². The quantitative estimate of drug-likeness (QED) is 0.249. The maximum atomic E-state index is 13.1. The average Bonchev–Trinajstić information content (AvgIpc) is 3.51. The monoisotopic (exact) mass is 657 g/mol. The molecule has 0 aliphatic carbocycles. The van der Waals surface area contributed by atoms with Gasteiger partial charge in [0.1, 0.15) is 18.6 Å². The average molecular weight is 658 g/mol. The highest BCUT2D eigenvalue weighted by Gasteiger charge is 2.30. The van der Waals surface area contributed by atoms with Crippen molar-refractivity contribution in [2.24, 2.45) is 0 Å². The fraction of sp³-hybridized carbons (Fsp3) is 0.500. The van der Waals surface area contributed by atoms with Gasteiger partial charge in [0, 0.05) is 86.0 Å². The minimum absolute atomic E-state index is 0.00197. The van der Waals surface area contributed by atoms with Crippen LogP contribution in [0.25, 0.3) is 10.8 Å². The van der Waals surface area contributed by atoms with Crippen molar-refractivity contribution in [3.63, 3.8) is 0 Å². The Labute approximate surface area is 282 Å². The van der Waals surface area contributed by atoms with Gasteiger partial charge in [-0.3, -0.25) is 14.6 Å². The Bertz CT molecular complexity index is 1670. The number of thiocarbonyl (C=S) groups is 1. The number of rotatable bonds is 9. The lowest BCUT2D eigenvalue weighted by Crippen LogP contribution is -2.49. The molecule has 5 heterocycles. The van der Waals surface area contributed by atoms with Gasteiger partial charge in [-0.25, -0.2) is 4.39 Å². The summed E-state index contributed by atoms with van der Waals surface area (Å²) in [5, 5.41) is 2.52.